The second-order valence-electron chi connectivity index (χ2n) is 6.25. The van der Waals surface area contributed by atoms with Gasteiger partial charge in [-0.15, -0.1) is 0 Å². The lowest BCUT2D eigenvalue weighted by Gasteiger charge is -2.25. The maximum atomic E-state index is 4.67. The van der Waals surface area contributed by atoms with Crippen molar-refractivity contribution >= 4 is 0 Å². The van der Waals surface area contributed by atoms with E-state index in [2.05, 4.69) is 49.3 Å². The number of aromatic nitrogens is 1. The minimum absolute atomic E-state index is 0.358. The van der Waals surface area contributed by atoms with E-state index in [1.807, 2.05) is 0 Å². The normalized spacial score (nSPS) is 20.2. The molecule has 0 aliphatic heterocycles. The standard InChI is InChI=1S/C19H30N2/c1-4-14-20-19(17-10-8-6-5-7-9-11-17)18-13-12-15(2)21-16(18)3/h10,12-13,19-20H,4-9,11,14H2,1-3H3/b17-10+. The van der Waals surface area contributed by atoms with Crippen molar-refractivity contribution in [3.8, 4) is 0 Å². The zero-order valence-electron chi connectivity index (χ0n) is 13.9. The zero-order valence-corrected chi connectivity index (χ0v) is 13.9. The molecule has 1 aromatic rings. The monoisotopic (exact) mass is 286 g/mol. The Morgan fingerprint density at radius 2 is 1.95 bits per heavy atom. The van der Waals surface area contributed by atoms with Crippen LogP contribution in [0.15, 0.2) is 23.8 Å². The van der Waals surface area contributed by atoms with Gasteiger partial charge in [-0.2, -0.15) is 0 Å². The molecule has 0 spiro atoms. The van der Waals surface area contributed by atoms with Crippen molar-refractivity contribution in [2.45, 2.75) is 71.8 Å². The Labute approximate surface area is 130 Å². The average Bonchev–Trinajstić information content (AvgIpc) is 2.42. The van der Waals surface area contributed by atoms with Crippen LogP contribution >= 0.6 is 0 Å². The quantitative estimate of drug-likeness (QED) is 0.769. The SMILES string of the molecule is CCCNC(/C1=C/CCCCCC1)c1ccc(C)nc1C. The van der Waals surface area contributed by atoms with E-state index in [4.69, 9.17) is 0 Å². The van der Waals surface area contributed by atoms with Gasteiger partial charge in [-0.05, 0) is 64.1 Å². The van der Waals surface area contributed by atoms with Crippen LogP contribution in [0.2, 0.25) is 0 Å². The molecule has 1 aliphatic carbocycles. The molecule has 1 aliphatic rings. The van der Waals surface area contributed by atoms with Crippen LogP contribution < -0.4 is 5.32 Å². The van der Waals surface area contributed by atoms with E-state index in [-0.39, 0.29) is 0 Å². The topological polar surface area (TPSA) is 24.9 Å². The number of rotatable bonds is 5. The van der Waals surface area contributed by atoms with Gasteiger partial charge in [0.15, 0.2) is 0 Å². The van der Waals surface area contributed by atoms with Crippen molar-refractivity contribution in [3.05, 3.63) is 40.7 Å². The van der Waals surface area contributed by atoms with Gasteiger partial charge >= 0.3 is 0 Å². The number of pyridine rings is 1. The van der Waals surface area contributed by atoms with Gasteiger partial charge in [0.1, 0.15) is 0 Å². The molecule has 0 radical (unpaired) electrons. The number of nitrogens with zero attached hydrogens (tertiary/aromatic N) is 1. The third kappa shape index (κ3) is 4.67. The predicted octanol–water partition coefficient (Wildman–Crippen LogP) is 5.02. The van der Waals surface area contributed by atoms with Crippen LogP contribution in [0.4, 0.5) is 0 Å². The number of allylic oxidation sites excluding steroid dienone is 1. The fourth-order valence-corrected chi connectivity index (χ4v) is 3.21. The van der Waals surface area contributed by atoms with Gasteiger partial charge in [-0.1, -0.05) is 37.5 Å². The highest BCUT2D eigenvalue weighted by atomic mass is 14.9. The Kier molecular flexibility index (Phi) is 6.44. The molecule has 1 aromatic heterocycles. The van der Waals surface area contributed by atoms with Crippen LogP contribution in [-0.2, 0) is 0 Å². The summed E-state index contributed by atoms with van der Waals surface area (Å²) in [7, 11) is 0. The molecule has 0 saturated carbocycles. The van der Waals surface area contributed by atoms with Crippen molar-refractivity contribution in [2.75, 3.05) is 6.54 Å². The smallest absolute Gasteiger partial charge is 0.0554 e. The van der Waals surface area contributed by atoms with E-state index in [0.717, 1.165) is 12.2 Å². The van der Waals surface area contributed by atoms with Crippen molar-refractivity contribution < 1.29 is 0 Å². The molecule has 21 heavy (non-hydrogen) atoms. The highest BCUT2D eigenvalue weighted by molar-refractivity contribution is 5.32. The third-order valence-corrected chi connectivity index (χ3v) is 4.37. The highest BCUT2D eigenvalue weighted by Gasteiger charge is 2.19. The molecule has 0 amide bonds. The molecule has 0 aromatic carbocycles. The van der Waals surface area contributed by atoms with E-state index >= 15 is 0 Å². The Morgan fingerprint density at radius 3 is 2.71 bits per heavy atom. The van der Waals surface area contributed by atoms with Crippen LogP contribution in [0.5, 0.6) is 0 Å². The molecule has 0 fully saturated rings. The van der Waals surface area contributed by atoms with Crippen molar-refractivity contribution in [2.24, 2.45) is 0 Å². The Balaban J connectivity index is 2.27. The van der Waals surface area contributed by atoms with E-state index < -0.39 is 0 Å². The van der Waals surface area contributed by atoms with Gasteiger partial charge < -0.3 is 5.32 Å². The molecule has 1 unspecified atom stereocenters. The number of aryl methyl sites for hydroxylation is 2. The van der Waals surface area contributed by atoms with Crippen LogP contribution in [0, 0.1) is 13.8 Å². The first-order valence-electron chi connectivity index (χ1n) is 8.59. The van der Waals surface area contributed by atoms with Crippen LogP contribution in [0.1, 0.15) is 74.9 Å². The third-order valence-electron chi connectivity index (χ3n) is 4.37. The first kappa shape index (κ1) is 16.2. The largest absolute Gasteiger partial charge is 0.306 e. The van der Waals surface area contributed by atoms with Gasteiger partial charge in [0.05, 0.1) is 6.04 Å². The van der Waals surface area contributed by atoms with Crippen LogP contribution in [0.3, 0.4) is 0 Å². The molecular formula is C19H30N2. The fourth-order valence-electron chi connectivity index (χ4n) is 3.21. The second kappa shape index (κ2) is 8.33. The molecule has 0 bridgehead atoms. The van der Waals surface area contributed by atoms with E-state index in [9.17, 15) is 0 Å². The van der Waals surface area contributed by atoms with Crippen molar-refractivity contribution in [1.29, 1.82) is 0 Å². The van der Waals surface area contributed by atoms with Gasteiger partial charge in [-0.3, -0.25) is 4.98 Å². The van der Waals surface area contributed by atoms with Gasteiger partial charge in [-0.25, -0.2) is 0 Å². The number of hydrogen-bond donors (Lipinski definition) is 1. The van der Waals surface area contributed by atoms with E-state index in [1.165, 1.54) is 56.2 Å². The molecule has 1 N–H and O–H groups in total. The highest BCUT2D eigenvalue weighted by Crippen LogP contribution is 2.30. The van der Waals surface area contributed by atoms with Gasteiger partial charge in [0.2, 0.25) is 0 Å². The fraction of sp³-hybridized carbons (Fsp3) is 0.632. The Hall–Kier alpha value is -1.15. The lowest BCUT2D eigenvalue weighted by atomic mass is 9.90. The summed E-state index contributed by atoms with van der Waals surface area (Å²) in [5.74, 6) is 0. The first-order chi connectivity index (χ1) is 10.2. The molecule has 116 valence electrons. The molecule has 1 atom stereocenters. The Bertz CT molecular complexity index is 476. The summed E-state index contributed by atoms with van der Waals surface area (Å²) < 4.78 is 0. The maximum Gasteiger partial charge on any atom is 0.0554 e. The molecule has 1 heterocycles. The maximum absolute atomic E-state index is 4.67. The summed E-state index contributed by atoms with van der Waals surface area (Å²) >= 11 is 0. The second-order valence-corrected chi connectivity index (χ2v) is 6.25. The number of nitrogens with one attached hydrogen (secondary N) is 1. The lowest BCUT2D eigenvalue weighted by molar-refractivity contribution is 0.538. The van der Waals surface area contributed by atoms with Crippen LogP contribution in [-0.4, -0.2) is 11.5 Å². The summed E-state index contributed by atoms with van der Waals surface area (Å²) in [6.45, 7) is 7.51. The van der Waals surface area contributed by atoms with E-state index in [0.29, 0.717) is 6.04 Å². The summed E-state index contributed by atoms with van der Waals surface area (Å²) in [5.41, 5.74) is 5.22. The summed E-state index contributed by atoms with van der Waals surface area (Å²) in [5, 5.41) is 3.76. The lowest BCUT2D eigenvalue weighted by Crippen LogP contribution is -2.25. The van der Waals surface area contributed by atoms with Crippen molar-refractivity contribution in [1.82, 2.24) is 10.3 Å². The van der Waals surface area contributed by atoms with Gasteiger partial charge in [0, 0.05) is 11.4 Å². The first-order valence-corrected chi connectivity index (χ1v) is 8.59. The molecule has 2 nitrogen and oxygen atoms in total. The minimum Gasteiger partial charge on any atom is -0.306 e. The summed E-state index contributed by atoms with van der Waals surface area (Å²) in [6.07, 6.45) is 11.6. The molecule has 2 rings (SSSR count). The molecule has 0 saturated heterocycles. The molecule has 2 heteroatoms. The minimum atomic E-state index is 0.358. The van der Waals surface area contributed by atoms with Crippen LogP contribution in [0.25, 0.3) is 0 Å². The molecular weight excluding hydrogens is 256 g/mol. The van der Waals surface area contributed by atoms with Gasteiger partial charge in [0.25, 0.3) is 0 Å². The zero-order chi connectivity index (χ0) is 15.1. The average molecular weight is 286 g/mol. The summed E-state index contributed by atoms with van der Waals surface area (Å²) in [6, 6.07) is 4.77. The predicted molar refractivity (Wildman–Crippen MR) is 90.5 cm³/mol. The number of hydrogen-bond acceptors (Lipinski definition) is 2. The Morgan fingerprint density at radius 1 is 1.14 bits per heavy atom. The van der Waals surface area contributed by atoms with E-state index in [1.54, 1.807) is 5.57 Å². The van der Waals surface area contributed by atoms with Crippen molar-refractivity contribution in [3.63, 3.8) is 0 Å². The summed E-state index contributed by atoms with van der Waals surface area (Å²) in [4.78, 5) is 4.67.